The number of likely N-dealkylation sites (N-methyl/N-ethyl adjacent to an activating group) is 1. The van der Waals surface area contributed by atoms with Crippen LogP contribution in [-0.2, 0) is 9.59 Å². The van der Waals surface area contributed by atoms with Crippen molar-refractivity contribution in [2.24, 2.45) is 11.1 Å². The zero-order valence-corrected chi connectivity index (χ0v) is 15.8. The molecule has 0 aliphatic rings. The molecule has 2 N–H and O–H groups in total. The number of amides is 2. The van der Waals surface area contributed by atoms with E-state index in [1.165, 1.54) is 13.2 Å². The van der Waals surface area contributed by atoms with E-state index >= 15 is 0 Å². The maximum Gasteiger partial charge on any atom is 0.255 e. The minimum atomic E-state index is -0.562. The van der Waals surface area contributed by atoms with Gasteiger partial charge in [0.1, 0.15) is 0 Å². The third-order valence-electron chi connectivity index (χ3n) is 4.16. The van der Waals surface area contributed by atoms with Gasteiger partial charge in [-0.25, -0.2) is 0 Å². The average molecular weight is 348 g/mol. The highest BCUT2D eigenvalue weighted by molar-refractivity contribution is 5.92. The fraction of sp³-hybridized carbons (Fsp3) is 0.474. The molecule has 2 amide bonds. The lowest BCUT2D eigenvalue weighted by Gasteiger charge is -2.34. The maximum absolute atomic E-state index is 12.3. The molecule has 0 heterocycles. The molecule has 0 radical (unpaired) electrons. The fourth-order valence-electron chi connectivity index (χ4n) is 2.11. The molecule has 0 aliphatic heterocycles. The third-order valence-corrected chi connectivity index (χ3v) is 4.16. The lowest BCUT2D eigenvalue weighted by Crippen LogP contribution is -2.42. The molecule has 0 aromatic heterocycles. The van der Waals surface area contributed by atoms with E-state index in [1.807, 2.05) is 6.92 Å². The number of methoxy groups -OCH3 is 1. The number of carbonyl (C=O) groups excluding carboxylic acids is 2. The second-order valence-electron chi connectivity index (χ2n) is 6.99. The molecule has 0 fully saturated rings. The highest BCUT2D eigenvalue weighted by Crippen LogP contribution is 2.28. The first-order valence-corrected chi connectivity index (χ1v) is 8.10. The van der Waals surface area contributed by atoms with Crippen LogP contribution >= 0.6 is 0 Å². The molecule has 0 aliphatic carbocycles. The Balaban J connectivity index is 2.86. The van der Waals surface area contributed by atoms with Gasteiger partial charge in [-0.15, -0.1) is 0 Å². The number of ether oxygens (including phenoxy) is 2. The zero-order valence-electron chi connectivity index (χ0n) is 15.8. The van der Waals surface area contributed by atoms with Gasteiger partial charge < -0.3 is 20.1 Å². The van der Waals surface area contributed by atoms with Crippen LogP contribution in [0.1, 0.15) is 33.3 Å². The highest BCUT2D eigenvalue weighted by Gasteiger charge is 2.25. The summed E-state index contributed by atoms with van der Waals surface area (Å²) < 4.78 is 10.5. The summed E-state index contributed by atoms with van der Waals surface area (Å²) in [7, 11) is 3.30. The predicted molar refractivity (Wildman–Crippen MR) is 98.4 cm³/mol. The van der Waals surface area contributed by atoms with Crippen LogP contribution < -0.4 is 15.2 Å². The van der Waals surface area contributed by atoms with E-state index in [-0.39, 0.29) is 24.0 Å². The summed E-state index contributed by atoms with van der Waals surface area (Å²) in [5.74, 6) is 0.249. The Labute approximate surface area is 149 Å². The molecular formula is C19H28N2O4. The molecule has 1 rings (SSSR count). The molecule has 0 saturated heterocycles. The molecule has 1 aromatic carbocycles. The lowest BCUT2D eigenvalue weighted by atomic mass is 9.87. The fourth-order valence-corrected chi connectivity index (χ4v) is 2.11. The zero-order chi connectivity index (χ0) is 19.2. The number of benzene rings is 1. The van der Waals surface area contributed by atoms with Gasteiger partial charge in [0.25, 0.3) is 5.91 Å². The van der Waals surface area contributed by atoms with Gasteiger partial charge >= 0.3 is 0 Å². The van der Waals surface area contributed by atoms with Crippen LogP contribution in [0.4, 0.5) is 0 Å². The normalized spacial score (nSPS) is 12.7. The monoisotopic (exact) mass is 348 g/mol. The lowest BCUT2D eigenvalue weighted by molar-refractivity contribution is -0.128. The first-order valence-electron chi connectivity index (χ1n) is 8.10. The summed E-state index contributed by atoms with van der Waals surface area (Å²) in [4.78, 5) is 24.9. The smallest absolute Gasteiger partial charge is 0.255 e. The standard InChI is InChI=1S/C19H28N2O4/c1-13(19(2,3)4)21(5)18(23)10-8-14-7-9-15(16(11-14)24-6)25-12-17(20)22/h7-11,13H,12H2,1-6H3,(H2,20,22)/b10-8-/t13-/m1/s1. The molecule has 6 heteroatoms. The van der Waals surface area contributed by atoms with Crippen molar-refractivity contribution in [1.29, 1.82) is 0 Å². The Morgan fingerprint density at radius 3 is 2.44 bits per heavy atom. The van der Waals surface area contributed by atoms with Crippen molar-refractivity contribution in [3.8, 4) is 11.5 Å². The Kier molecular flexibility index (Phi) is 7.03. The molecule has 138 valence electrons. The maximum atomic E-state index is 12.3. The Bertz CT molecular complexity index is 647. The minimum Gasteiger partial charge on any atom is -0.493 e. The van der Waals surface area contributed by atoms with Crippen molar-refractivity contribution in [2.75, 3.05) is 20.8 Å². The first kappa shape index (κ1) is 20.5. The van der Waals surface area contributed by atoms with Crippen LogP contribution in [0.5, 0.6) is 11.5 Å². The average Bonchev–Trinajstić information content (AvgIpc) is 2.55. The van der Waals surface area contributed by atoms with Crippen LogP contribution in [-0.4, -0.2) is 43.5 Å². The molecule has 1 atom stereocenters. The SMILES string of the molecule is COc1cc(/C=C\C(=O)N(C)[C@H](C)C(C)(C)C)ccc1OCC(N)=O. The number of hydrogen-bond acceptors (Lipinski definition) is 4. The van der Waals surface area contributed by atoms with Gasteiger partial charge in [-0.1, -0.05) is 26.8 Å². The van der Waals surface area contributed by atoms with Crippen molar-refractivity contribution in [3.05, 3.63) is 29.8 Å². The van der Waals surface area contributed by atoms with Gasteiger partial charge in [0, 0.05) is 19.2 Å². The summed E-state index contributed by atoms with van der Waals surface area (Å²) >= 11 is 0. The summed E-state index contributed by atoms with van der Waals surface area (Å²) in [6.45, 7) is 8.10. The van der Waals surface area contributed by atoms with Gasteiger partial charge in [0.05, 0.1) is 7.11 Å². The minimum absolute atomic E-state index is 0.000877. The highest BCUT2D eigenvalue weighted by atomic mass is 16.5. The van der Waals surface area contributed by atoms with E-state index < -0.39 is 5.91 Å². The number of nitrogens with zero attached hydrogens (tertiary/aromatic N) is 1. The van der Waals surface area contributed by atoms with Crippen molar-refractivity contribution in [3.63, 3.8) is 0 Å². The van der Waals surface area contributed by atoms with Crippen LogP contribution in [0.15, 0.2) is 24.3 Å². The summed E-state index contributed by atoms with van der Waals surface area (Å²) in [5, 5.41) is 0. The number of rotatable bonds is 7. The van der Waals surface area contributed by atoms with Gasteiger partial charge in [-0.05, 0) is 36.1 Å². The van der Waals surface area contributed by atoms with E-state index in [4.69, 9.17) is 15.2 Å². The van der Waals surface area contributed by atoms with Gasteiger partial charge in [0.15, 0.2) is 18.1 Å². The van der Waals surface area contributed by atoms with Crippen LogP contribution in [0, 0.1) is 5.41 Å². The van der Waals surface area contributed by atoms with Crippen LogP contribution in [0.25, 0.3) is 6.08 Å². The number of carbonyl (C=O) groups is 2. The van der Waals surface area contributed by atoms with E-state index in [0.717, 1.165) is 5.56 Å². The molecule has 0 bridgehead atoms. The summed E-state index contributed by atoms with van der Waals surface area (Å²) in [6, 6.07) is 5.28. The Hall–Kier alpha value is -2.50. The molecule has 25 heavy (non-hydrogen) atoms. The topological polar surface area (TPSA) is 81.9 Å². The second kappa shape index (κ2) is 8.55. The molecule has 1 aromatic rings. The van der Waals surface area contributed by atoms with Crippen molar-refractivity contribution in [1.82, 2.24) is 4.90 Å². The first-order chi connectivity index (χ1) is 11.6. The van der Waals surface area contributed by atoms with Gasteiger partial charge in [0.2, 0.25) is 5.91 Å². The molecule has 0 saturated carbocycles. The predicted octanol–water partition coefficient (Wildman–Crippen LogP) is 2.47. The quantitative estimate of drug-likeness (QED) is 0.768. The number of primary amides is 1. The van der Waals surface area contributed by atoms with Crippen molar-refractivity contribution in [2.45, 2.75) is 33.7 Å². The summed E-state index contributed by atoms with van der Waals surface area (Å²) in [5.41, 5.74) is 5.85. The molecule has 6 nitrogen and oxygen atoms in total. The van der Waals surface area contributed by atoms with E-state index in [2.05, 4.69) is 20.8 Å². The van der Waals surface area contributed by atoms with E-state index in [9.17, 15) is 9.59 Å². The second-order valence-corrected chi connectivity index (χ2v) is 6.99. The van der Waals surface area contributed by atoms with Crippen LogP contribution in [0.2, 0.25) is 0 Å². The molecule has 0 unspecified atom stereocenters. The third kappa shape index (κ3) is 6.14. The van der Waals surface area contributed by atoms with Gasteiger partial charge in [-0.3, -0.25) is 9.59 Å². The Morgan fingerprint density at radius 1 is 1.28 bits per heavy atom. The summed E-state index contributed by atoms with van der Waals surface area (Å²) in [6.07, 6.45) is 3.25. The Morgan fingerprint density at radius 2 is 1.92 bits per heavy atom. The van der Waals surface area contributed by atoms with Crippen molar-refractivity contribution < 1.29 is 19.1 Å². The van der Waals surface area contributed by atoms with E-state index in [1.54, 1.807) is 36.2 Å². The van der Waals surface area contributed by atoms with Crippen molar-refractivity contribution >= 4 is 17.9 Å². The molecular weight excluding hydrogens is 320 g/mol. The number of hydrogen-bond donors (Lipinski definition) is 1. The number of nitrogens with two attached hydrogens (primary N) is 1. The largest absolute Gasteiger partial charge is 0.493 e. The van der Waals surface area contributed by atoms with Gasteiger partial charge in [-0.2, -0.15) is 0 Å². The van der Waals surface area contributed by atoms with E-state index in [0.29, 0.717) is 11.5 Å². The van der Waals surface area contributed by atoms with Crippen LogP contribution in [0.3, 0.4) is 0 Å². The molecule has 0 spiro atoms.